The van der Waals surface area contributed by atoms with Crippen molar-refractivity contribution in [2.24, 2.45) is 5.73 Å². The Morgan fingerprint density at radius 3 is 2.81 bits per heavy atom. The van der Waals surface area contributed by atoms with Gasteiger partial charge in [-0.3, -0.25) is 0 Å². The third kappa shape index (κ3) is 2.14. The topological polar surface area (TPSA) is 48.1 Å². The van der Waals surface area contributed by atoms with E-state index in [0.717, 1.165) is 28.8 Å². The molecule has 0 saturated carbocycles. The van der Waals surface area contributed by atoms with Crippen LogP contribution in [0.4, 0.5) is 0 Å². The van der Waals surface area contributed by atoms with Gasteiger partial charge in [0.1, 0.15) is 11.3 Å². The van der Waals surface area contributed by atoms with Crippen molar-refractivity contribution >= 4 is 10.9 Å². The Morgan fingerprint density at radius 1 is 1.31 bits per heavy atom. The van der Waals surface area contributed by atoms with Crippen molar-refractivity contribution in [3.63, 3.8) is 0 Å². The normalized spacial score (nSPS) is 12.7. The smallest absolute Gasteiger partial charge is 0.145 e. The molecule has 2 N–H and O–H groups in total. The minimum Gasteiger partial charge on any atom is -0.494 e. The van der Waals surface area contributed by atoms with Crippen LogP contribution in [0.15, 0.2) is 30.3 Å². The number of hydrogen-bond donors (Lipinski definition) is 1. The van der Waals surface area contributed by atoms with E-state index in [1.807, 2.05) is 31.2 Å². The van der Waals surface area contributed by atoms with Gasteiger partial charge in [-0.15, -0.1) is 0 Å². The fraction of sp³-hybridized carbons (Fsp3) is 0.308. The summed E-state index contributed by atoms with van der Waals surface area (Å²) in [5, 5.41) is 1.09. The molecule has 1 heterocycles. The molecule has 0 spiro atoms. The second-order valence-corrected chi connectivity index (χ2v) is 4.02. The zero-order chi connectivity index (χ0) is 11.5. The van der Waals surface area contributed by atoms with Crippen molar-refractivity contribution in [1.82, 2.24) is 4.98 Å². The number of nitrogens with two attached hydrogens (primary N) is 1. The van der Waals surface area contributed by atoms with E-state index in [1.165, 1.54) is 0 Å². The van der Waals surface area contributed by atoms with Crippen LogP contribution < -0.4 is 10.5 Å². The zero-order valence-corrected chi connectivity index (χ0v) is 9.60. The molecule has 0 radical (unpaired) electrons. The van der Waals surface area contributed by atoms with Gasteiger partial charge in [-0.1, -0.05) is 18.2 Å². The molecule has 0 aliphatic carbocycles. The Kier molecular flexibility index (Phi) is 3.06. The van der Waals surface area contributed by atoms with Gasteiger partial charge in [0, 0.05) is 23.5 Å². The van der Waals surface area contributed by atoms with Gasteiger partial charge in [-0.05, 0) is 19.1 Å². The molecular weight excluding hydrogens is 200 g/mol. The summed E-state index contributed by atoms with van der Waals surface area (Å²) in [6.45, 7) is 1.98. The molecule has 0 bridgehead atoms. The number of rotatable bonds is 3. The lowest BCUT2D eigenvalue weighted by Crippen LogP contribution is -2.18. The second-order valence-electron chi connectivity index (χ2n) is 4.02. The van der Waals surface area contributed by atoms with Crippen LogP contribution in [0.1, 0.15) is 12.6 Å². The minimum atomic E-state index is 0.125. The highest BCUT2D eigenvalue weighted by atomic mass is 16.5. The quantitative estimate of drug-likeness (QED) is 0.855. The molecule has 0 aliphatic rings. The van der Waals surface area contributed by atoms with E-state index in [1.54, 1.807) is 7.11 Å². The summed E-state index contributed by atoms with van der Waals surface area (Å²) >= 11 is 0. The Balaban J connectivity index is 2.50. The predicted octanol–water partition coefficient (Wildman–Crippen LogP) is 2.13. The highest BCUT2D eigenvalue weighted by Gasteiger charge is 2.05. The van der Waals surface area contributed by atoms with Crippen LogP contribution in [0.5, 0.6) is 5.75 Å². The van der Waals surface area contributed by atoms with Gasteiger partial charge in [0.25, 0.3) is 0 Å². The van der Waals surface area contributed by atoms with E-state index >= 15 is 0 Å². The van der Waals surface area contributed by atoms with Crippen LogP contribution >= 0.6 is 0 Å². The van der Waals surface area contributed by atoms with Gasteiger partial charge < -0.3 is 10.5 Å². The van der Waals surface area contributed by atoms with E-state index in [4.69, 9.17) is 10.5 Å². The summed E-state index contributed by atoms with van der Waals surface area (Å²) < 4.78 is 5.29. The lowest BCUT2D eigenvalue weighted by Gasteiger charge is -2.08. The number of methoxy groups -OCH3 is 1. The van der Waals surface area contributed by atoms with Crippen molar-refractivity contribution in [2.75, 3.05) is 7.11 Å². The van der Waals surface area contributed by atoms with Crippen LogP contribution in [0.25, 0.3) is 10.9 Å². The number of nitrogens with zero attached hydrogens (tertiary/aromatic N) is 1. The first-order chi connectivity index (χ1) is 7.70. The first kappa shape index (κ1) is 10.9. The summed E-state index contributed by atoms with van der Waals surface area (Å²) in [5.74, 6) is 0.809. The van der Waals surface area contributed by atoms with E-state index in [9.17, 15) is 0 Å². The zero-order valence-electron chi connectivity index (χ0n) is 9.60. The molecule has 84 valence electrons. The molecular formula is C13H16N2O. The third-order valence-electron chi connectivity index (χ3n) is 2.49. The van der Waals surface area contributed by atoms with Crippen molar-refractivity contribution < 1.29 is 4.74 Å². The van der Waals surface area contributed by atoms with Gasteiger partial charge in [-0.25, -0.2) is 4.98 Å². The molecule has 3 nitrogen and oxygen atoms in total. The maximum atomic E-state index is 5.77. The average Bonchev–Trinajstić information content (AvgIpc) is 2.27. The lowest BCUT2D eigenvalue weighted by molar-refractivity contribution is 0.419. The molecule has 1 unspecified atom stereocenters. The monoisotopic (exact) mass is 216 g/mol. The standard InChI is InChI=1S/C13H16N2O/c1-9(14)8-11-7-6-10-4-3-5-12(16-2)13(10)15-11/h3-7,9H,8,14H2,1-2H3. The first-order valence-electron chi connectivity index (χ1n) is 5.39. The first-order valence-corrected chi connectivity index (χ1v) is 5.39. The molecule has 2 rings (SSSR count). The van der Waals surface area contributed by atoms with E-state index in [-0.39, 0.29) is 6.04 Å². The highest BCUT2D eigenvalue weighted by Crippen LogP contribution is 2.23. The summed E-state index contributed by atoms with van der Waals surface area (Å²) in [6, 6.07) is 10.1. The van der Waals surface area contributed by atoms with Crippen LogP contribution in [-0.2, 0) is 6.42 Å². The Morgan fingerprint density at radius 2 is 2.12 bits per heavy atom. The molecule has 1 atom stereocenters. The molecule has 1 aromatic carbocycles. The summed E-state index contributed by atoms with van der Waals surface area (Å²) in [7, 11) is 1.66. The molecule has 3 heteroatoms. The predicted molar refractivity (Wildman–Crippen MR) is 65.6 cm³/mol. The number of aromatic nitrogens is 1. The van der Waals surface area contributed by atoms with E-state index in [2.05, 4.69) is 11.1 Å². The maximum absolute atomic E-state index is 5.77. The number of hydrogen-bond acceptors (Lipinski definition) is 3. The van der Waals surface area contributed by atoms with Gasteiger partial charge in [0.2, 0.25) is 0 Å². The SMILES string of the molecule is COc1cccc2ccc(CC(C)N)nc12. The van der Waals surface area contributed by atoms with E-state index in [0.29, 0.717) is 0 Å². The van der Waals surface area contributed by atoms with Crippen molar-refractivity contribution in [3.8, 4) is 5.75 Å². The van der Waals surface area contributed by atoms with Gasteiger partial charge in [0.05, 0.1) is 7.11 Å². The highest BCUT2D eigenvalue weighted by molar-refractivity contribution is 5.84. The van der Waals surface area contributed by atoms with Crippen molar-refractivity contribution in [2.45, 2.75) is 19.4 Å². The molecule has 0 aliphatic heterocycles. The molecule has 16 heavy (non-hydrogen) atoms. The lowest BCUT2D eigenvalue weighted by atomic mass is 10.1. The second kappa shape index (κ2) is 4.49. The third-order valence-corrected chi connectivity index (χ3v) is 2.49. The fourth-order valence-corrected chi connectivity index (χ4v) is 1.77. The number of pyridine rings is 1. The summed E-state index contributed by atoms with van der Waals surface area (Å²) in [6.07, 6.45) is 0.786. The summed E-state index contributed by atoms with van der Waals surface area (Å²) in [4.78, 5) is 4.58. The van der Waals surface area contributed by atoms with Crippen LogP contribution in [0, 0.1) is 0 Å². The molecule has 0 saturated heterocycles. The Hall–Kier alpha value is -1.61. The summed E-state index contributed by atoms with van der Waals surface area (Å²) in [5.41, 5.74) is 7.68. The van der Waals surface area contributed by atoms with Crippen molar-refractivity contribution in [3.05, 3.63) is 36.0 Å². The molecule has 0 amide bonds. The van der Waals surface area contributed by atoms with Crippen LogP contribution in [0.2, 0.25) is 0 Å². The molecule has 2 aromatic rings. The Bertz CT molecular complexity index is 494. The van der Waals surface area contributed by atoms with Crippen LogP contribution in [-0.4, -0.2) is 18.1 Å². The Labute approximate surface area is 95.2 Å². The molecule has 1 aromatic heterocycles. The maximum Gasteiger partial charge on any atom is 0.145 e. The molecule has 0 fully saturated rings. The van der Waals surface area contributed by atoms with Crippen LogP contribution in [0.3, 0.4) is 0 Å². The van der Waals surface area contributed by atoms with Gasteiger partial charge in [-0.2, -0.15) is 0 Å². The average molecular weight is 216 g/mol. The number of para-hydroxylation sites is 1. The fourth-order valence-electron chi connectivity index (χ4n) is 1.77. The number of fused-ring (bicyclic) bond motifs is 1. The minimum absolute atomic E-state index is 0.125. The van der Waals surface area contributed by atoms with E-state index < -0.39 is 0 Å². The number of benzene rings is 1. The number of ether oxygens (including phenoxy) is 1. The van der Waals surface area contributed by atoms with Gasteiger partial charge >= 0.3 is 0 Å². The van der Waals surface area contributed by atoms with Gasteiger partial charge in [0.15, 0.2) is 0 Å². The largest absolute Gasteiger partial charge is 0.494 e. The van der Waals surface area contributed by atoms with Crippen molar-refractivity contribution in [1.29, 1.82) is 0 Å².